The summed E-state index contributed by atoms with van der Waals surface area (Å²) in [7, 11) is 1.72. The molecule has 5 heteroatoms. The minimum Gasteiger partial charge on any atom is -0.378 e. The van der Waals surface area contributed by atoms with Gasteiger partial charge in [0.1, 0.15) is 5.01 Å². The van der Waals surface area contributed by atoms with E-state index in [4.69, 9.17) is 4.74 Å². The molecular weight excluding hydrogens is 252 g/mol. The molecule has 0 aromatic carbocycles. The predicted molar refractivity (Wildman–Crippen MR) is 76.7 cm³/mol. The van der Waals surface area contributed by atoms with Gasteiger partial charge in [-0.2, -0.15) is 11.8 Å². The van der Waals surface area contributed by atoms with Gasteiger partial charge in [-0.25, -0.2) is 4.98 Å². The van der Waals surface area contributed by atoms with Crippen molar-refractivity contribution in [1.29, 1.82) is 0 Å². The summed E-state index contributed by atoms with van der Waals surface area (Å²) in [6.45, 7) is 6.85. The Morgan fingerprint density at radius 2 is 2.24 bits per heavy atom. The van der Waals surface area contributed by atoms with Crippen LogP contribution < -0.4 is 5.32 Å². The third-order valence-corrected chi connectivity index (χ3v) is 4.67. The van der Waals surface area contributed by atoms with Crippen molar-refractivity contribution in [2.24, 2.45) is 0 Å². The molecule has 1 heterocycles. The summed E-state index contributed by atoms with van der Waals surface area (Å²) in [6.07, 6.45) is 1.23. The van der Waals surface area contributed by atoms with Gasteiger partial charge >= 0.3 is 0 Å². The van der Waals surface area contributed by atoms with Crippen molar-refractivity contribution in [2.45, 2.75) is 39.2 Å². The molecule has 0 amide bonds. The molecule has 1 aromatic rings. The monoisotopic (exact) mass is 274 g/mol. The predicted octanol–water partition coefficient (Wildman–Crippen LogP) is 3.04. The Morgan fingerprint density at radius 1 is 1.41 bits per heavy atom. The molecule has 0 spiro atoms. The highest BCUT2D eigenvalue weighted by Gasteiger charge is 2.10. The summed E-state index contributed by atoms with van der Waals surface area (Å²) in [4.78, 5) is 5.98. The number of ether oxygens (including phenoxy) is 1. The zero-order valence-corrected chi connectivity index (χ0v) is 12.5. The maximum Gasteiger partial charge on any atom is 0.103 e. The summed E-state index contributed by atoms with van der Waals surface area (Å²) < 4.78 is 5.20. The van der Waals surface area contributed by atoms with Crippen LogP contribution in [0, 0.1) is 0 Å². The van der Waals surface area contributed by atoms with Crippen molar-refractivity contribution < 1.29 is 4.74 Å². The Balaban J connectivity index is 2.59. The van der Waals surface area contributed by atoms with Gasteiger partial charge in [-0.05, 0) is 18.7 Å². The average Bonchev–Trinajstić information content (AvgIpc) is 2.70. The van der Waals surface area contributed by atoms with E-state index in [0.717, 1.165) is 24.5 Å². The molecule has 1 aromatic heterocycles. The number of aromatic nitrogens is 1. The van der Waals surface area contributed by atoms with Gasteiger partial charge in [0.05, 0.1) is 12.3 Å². The Hall–Kier alpha value is -0.100. The lowest BCUT2D eigenvalue weighted by Gasteiger charge is -2.00. The van der Waals surface area contributed by atoms with Gasteiger partial charge in [-0.15, -0.1) is 11.3 Å². The van der Waals surface area contributed by atoms with E-state index in [-0.39, 0.29) is 0 Å². The molecule has 0 aliphatic rings. The quantitative estimate of drug-likeness (QED) is 0.702. The number of nitrogens with zero attached hydrogens (tertiary/aromatic N) is 1. The number of rotatable bonds is 9. The van der Waals surface area contributed by atoms with Crippen LogP contribution in [0.5, 0.6) is 0 Å². The van der Waals surface area contributed by atoms with Gasteiger partial charge in [-0.1, -0.05) is 13.8 Å². The zero-order chi connectivity index (χ0) is 12.5. The second-order valence-corrected chi connectivity index (χ2v) is 6.02. The second-order valence-electron chi connectivity index (χ2n) is 3.74. The smallest absolute Gasteiger partial charge is 0.103 e. The van der Waals surface area contributed by atoms with Crippen LogP contribution in [0.2, 0.25) is 0 Å². The molecule has 0 bridgehead atoms. The highest BCUT2D eigenvalue weighted by atomic mass is 32.2. The van der Waals surface area contributed by atoms with Crippen molar-refractivity contribution in [3.8, 4) is 0 Å². The summed E-state index contributed by atoms with van der Waals surface area (Å²) >= 11 is 3.77. The van der Waals surface area contributed by atoms with E-state index in [0.29, 0.717) is 6.61 Å². The Morgan fingerprint density at radius 3 is 2.88 bits per heavy atom. The number of thiazole rings is 1. The van der Waals surface area contributed by atoms with Crippen molar-refractivity contribution in [2.75, 3.05) is 19.4 Å². The number of hydrogen-bond donors (Lipinski definition) is 1. The Labute approximate surface area is 112 Å². The average molecular weight is 274 g/mol. The van der Waals surface area contributed by atoms with E-state index in [9.17, 15) is 0 Å². The molecule has 98 valence electrons. The number of nitrogens with one attached hydrogen (secondary N) is 1. The lowest BCUT2D eigenvalue weighted by Crippen LogP contribution is -2.12. The number of thioether (sulfide) groups is 1. The maximum atomic E-state index is 5.20. The zero-order valence-electron chi connectivity index (χ0n) is 10.9. The molecule has 0 saturated heterocycles. The van der Waals surface area contributed by atoms with Crippen LogP contribution in [0.1, 0.15) is 35.8 Å². The molecule has 0 atom stereocenters. The van der Waals surface area contributed by atoms with E-state index in [1.807, 2.05) is 23.1 Å². The van der Waals surface area contributed by atoms with Crippen LogP contribution in [0.4, 0.5) is 0 Å². The minimum absolute atomic E-state index is 0.621. The van der Waals surface area contributed by atoms with E-state index in [1.54, 1.807) is 7.11 Å². The molecule has 3 nitrogen and oxygen atoms in total. The molecular formula is C12H22N2OS2. The van der Waals surface area contributed by atoms with Gasteiger partial charge in [0.25, 0.3) is 0 Å². The van der Waals surface area contributed by atoms with Gasteiger partial charge in [-0.3, -0.25) is 0 Å². The summed E-state index contributed by atoms with van der Waals surface area (Å²) in [5.74, 6) is 2.24. The topological polar surface area (TPSA) is 34.1 Å². The molecule has 0 unspecified atom stereocenters. The van der Waals surface area contributed by atoms with E-state index in [1.165, 1.54) is 22.1 Å². The third-order valence-electron chi connectivity index (χ3n) is 2.21. The highest BCUT2D eigenvalue weighted by molar-refractivity contribution is 7.98. The van der Waals surface area contributed by atoms with Crippen LogP contribution in [-0.2, 0) is 23.6 Å². The first-order chi connectivity index (χ1) is 8.31. The summed E-state index contributed by atoms with van der Waals surface area (Å²) in [5, 5.41) is 4.58. The van der Waals surface area contributed by atoms with Crippen molar-refractivity contribution >= 4 is 23.1 Å². The molecule has 0 fully saturated rings. The molecule has 0 aliphatic carbocycles. The summed E-state index contributed by atoms with van der Waals surface area (Å²) in [5.41, 5.74) is 1.10. The van der Waals surface area contributed by atoms with Crippen molar-refractivity contribution in [3.63, 3.8) is 0 Å². The minimum atomic E-state index is 0.621. The second kappa shape index (κ2) is 8.91. The SMILES string of the molecule is CCCSCc1nc(COC)c(CNCC)s1. The first kappa shape index (κ1) is 15.0. The van der Waals surface area contributed by atoms with Crippen molar-refractivity contribution in [3.05, 3.63) is 15.6 Å². The highest BCUT2D eigenvalue weighted by Crippen LogP contribution is 2.23. The number of methoxy groups -OCH3 is 1. The lowest BCUT2D eigenvalue weighted by molar-refractivity contribution is 0.181. The van der Waals surface area contributed by atoms with Gasteiger partial charge in [0.2, 0.25) is 0 Å². The third kappa shape index (κ3) is 5.38. The normalized spacial score (nSPS) is 11.0. The van der Waals surface area contributed by atoms with Crippen LogP contribution in [0.3, 0.4) is 0 Å². The first-order valence-electron chi connectivity index (χ1n) is 6.06. The molecule has 0 radical (unpaired) electrons. The molecule has 17 heavy (non-hydrogen) atoms. The van der Waals surface area contributed by atoms with Gasteiger partial charge in [0, 0.05) is 24.3 Å². The van der Waals surface area contributed by atoms with E-state index < -0.39 is 0 Å². The van der Waals surface area contributed by atoms with Crippen LogP contribution in [0.25, 0.3) is 0 Å². The summed E-state index contributed by atoms with van der Waals surface area (Å²) in [6, 6.07) is 0. The fourth-order valence-electron chi connectivity index (χ4n) is 1.43. The van der Waals surface area contributed by atoms with Crippen LogP contribution in [0.15, 0.2) is 0 Å². The van der Waals surface area contributed by atoms with E-state index >= 15 is 0 Å². The molecule has 1 rings (SSSR count). The largest absolute Gasteiger partial charge is 0.378 e. The van der Waals surface area contributed by atoms with Gasteiger partial charge in [0.15, 0.2) is 0 Å². The maximum absolute atomic E-state index is 5.20. The molecule has 0 saturated carbocycles. The molecule has 0 aliphatic heterocycles. The fraction of sp³-hybridized carbons (Fsp3) is 0.750. The Bertz CT molecular complexity index is 315. The number of hydrogen-bond acceptors (Lipinski definition) is 5. The Kier molecular flexibility index (Phi) is 7.84. The van der Waals surface area contributed by atoms with Crippen LogP contribution in [-0.4, -0.2) is 24.4 Å². The molecule has 1 N–H and O–H groups in total. The van der Waals surface area contributed by atoms with Crippen LogP contribution >= 0.6 is 23.1 Å². The lowest BCUT2D eigenvalue weighted by atomic mass is 10.3. The van der Waals surface area contributed by atoms with Crippen molar-refractivity contribution in [1.82, 2.24) is 10.3 Å². The van der Waals surface area contributed by atoms with E-state index in [2.05, 4.69) is 24.1 Å². The standard InChI is InChI=1S/C12H22N2OS2/c1-4-6-16-9-12-14-10(8-15-3)11(17-12)7-13-5-2/h13H,4-9H2,1-3H3. The first-order valence-corrected chi connectivity index (χ1v) is 8.03. The fourth-order valence-corrected chi connectivity index (χ4v) is 3.42. The van der Waals surface area contributed by atoms with Gasteiger partial charge < -0.3 is 10.1 Å².